The summed E-state index contributed by atoms with van der Waals surface area (Å²) >= 11 is 0. The molecule has 0 aromatic heterocycles. The molecule has 1 heterocycles. The summed E-state index contributed by atoms with van der Waals surface area (Å²) in [6.07, 6.45) is 1.52. The first-order valence-corrected chi connectivity index (χ1v) is 6.40. The number of hydrogen-bond acceptors (Lipinski definition) is 4. The molecule has 1 saturated heterocycles. The summed E-state index contributed by atoms with van der Waals surface area (Å²) in [4.78, 5) is 12.2. The lowest BCUT2D eigenvalue weighted by molar-refractivity contribution is -0.127. The third-order valence-corrected chi connectivity index (χ3v) is 3.35. The van der Waals surface area contributed by atoms with Gasteiger partial charge in [0.25, 0.3) is 0 Å². The molecule has 1 fully saturated rings. The Labute approximate surface area is 108 Å². The van der Waals surface area contributed by atoms with Crippen molar-refractivity contribution in [2.75, 3.05) is 6.61 Å². The molecule has 1 rings (SSSR count). The number of hydrogen-bond donors (Lipinski definition) is 3. The third kappa shape index (κ3) is 3.35. The zero-order chi connectivity index (χ0) is 13.7. The fraction of sp³-hybridized carbons (Fsp3) is 0.833. The lowest BCUT2D eigenvalue weighted by Crippen LogP contribution is -2.50. The number of carbonyl (C=O) groups is 1. The van der Waals surface area contributed by atoms with E-state index in [4.69, 9.17) is 15.7 Å². The van der Waals surface area contributed by atoms with Gasteiger partial charge in [0.05, 0.1) is 18.1 Å². The quantitative estimate of drug-likeness (QED) is 0.292. The Morgan fingerprint density at radius 3 is 2.78 bits per heavy atom. The van der Waals surface area contributed by atoms with E-state index >= 15 is 0 Å². The molecule has 18 heavy (non-hydrogen) atoms. The summed E-state index contributed by atoms with van der Waals surface area (Å²) < 4.78 is 5.49. The van der Waals surface area contributed by atoms with Gasteiger partial charge in [0, 0.05) is 6.61 Å². The fourth-order valence-electron chi connectivity index (χ4n) is 2.26. The van der Waals surface area contributed by atoms with Crippen molar-refractivity contribution in [1.29, 1.82) is 0 Å². The molecule has 0 radical (unpaired) electrons. The van der Waals surface area contributed by atoms with E-state index in [1.807, 2.05) is 20.8 Å². The minimum atomic E-state index is -0.444. The largest absolute Gasteiger partial charge is 0.409 e. The molecule has 1 aliphatic rings. The molecule has 0 aromatic carbocycles. The number of amides is 1. The van der Waals surface area contributed by atoms with Gasteiger partial charge < -0.3 is 21.0 Å². The van der Waals surface area contributed by atoms with Crippen molar-refractivity contribution in [1.82, 2.24) is 5.32 Å². The predicted molar refractivity (Wildman–Crippen MR) is 68.3 cm³/mol. The van der Waals surface area contributed by atoms with Crippen LogP contribution < -0.4 is 11.1 Å². The van der Waals surface area contributed by atoms with Gasteiger partial charge in [0.1, 0.15) is 0 Å². The molecule has 1 amide bonds. The van der Waals surface area contributed by atoms with Crippen molar-refractivity contribution in [3.8, 4) is 0 Å². The van der Waals surface area contributed by atoms with E-state index in [1.165, 1.54) is 0 Å². The number of amidine groups is 1. The van der Waals surface area contributed by atoms with Crippen LogP contribution in [-0.2, 0) is 9.53 Å². The maximum Gasteiger partial charge on any atom is 0.226 e. The molecule has 4 N–H and O–H groups in total. The number of ether oxygens (including phenoxy) is 1. The van der Waals surface area contributed by atoms with Crippen LogP contribution in [0.3, 0.4) is 0 Å². The van der Waals surface area contributed by atoms with Crippen LogP contribution >= 0.6 is 0 Å². The van der Waals surface area contributed by atoms with Crippen molar-refractivity contribution in [2.24, 2.45) is 22.7 Å². The summed E-state index contributed by atoms with van der Waals surface area (Å²) in [6, 6.07) is -0.444. The van der Waals surface area contributed by atoms with Crippen LogP contribution in [0.15, 0.2) is 5.16 Å². The number of nitrogens with two attached hydrogens (primary N) is 1. The molecule has 104 valence electrons. The van der Waals surface area contributed by atoms with Crippen LogP contribution in [-0.4, -0.2) is 35.7 Å². The van der Waals surface area contributed by atoms with E-state index in [0.29, 0.717) is 6.61 Å². The van der Waals surface area contributed by atoms with Crippen LogP contribution in [0.1, 0.15) is 33.6 Å². The molecule has 0 saturated carbocycles. The SMILES string of the molecule is CCC1OCCC1C(=O)NC(C(N)=NO)C(C)C. The van der Waals surface area contributed by atoms with Gasteiger partial charge in [0.2, 0.25) is 5.91 Å². The fourth-order valence-corrected chi connectivity index (χ4v) is 2.26. The van der Waals surface area contributed by atoms with Crippen molar-refractivity contribution >= 4 is 11.7 Å². The summed E-state index contributed by atoms with van der Waals surface area (Å²) in [5, 5.41) is 14.5. The normalized spacial score (nSPS) is 26.3. The molecule has 0 bridgehead atoms. The Morgan fingerprint density at radius 1 is 1.61 bits per heavy atom. The first-order valence-electron chi connectivity index (χ1n) is 6.40. The molecular formula is C12H23N3O3. The molecule has 0 aliphatic carbocycles. The molecule has 3 unspecified atom stereocenters. The van der Waals surface area contributed by atoms with Crippen LogP contribution in [0.2, 0.25) is 0 Å². The van der Waals surface area contributed by atoms with E-state index in [1.54, 1.807) is 0 Å². The van der Waals surface area contributed by atoms with Crippen molar-refractivity contribution < 1.29 is 14.7 Å². The Bertz CT molecular complexity index is 318. The van der Waals surface area contributed by atoms with E-state index in [0.717, 1.165) is 12.8 Å². The highest BCUT2D eigenvalue weighted by Gasteiger charge is 2.34. The average molecular weight is 257 g/mol. The number of nitrogens with zero attached hydrogens (tertiary/aromatic N) is 1. The summed E-state index contributed by atoms with van der Waals surface area (Å²) in [5.41, 5.74) is 5.59. The van der Waals surface area contributed by atoms with Crippen molar-refractivity contribution in [3.05, 3.63) is 0 Å². The van der Waals surface area contributed by atoms with Gasteiger partial charge in [-0.25, -0.2) is 0 Å². The van der Waals surface area contributed by atoms with E-state index in [-0.39, 0.29) is 29.7 Å². The number of oxime groups is 1. The minimum Gasteiger partial charge on any atom is -0.409 e. The Hall–Kier alpha value is -1.30. The second-order valence-electron chi connectivity index (χ2n) is 4.97. The monoisotopic (exact) mass is 257 g/mol. The molecule has 0 spiro atoms. The number of rotatable bonds is 5. The second kappa shape index (κ2) is 6.58. The van der Waals surface area contributed by atoms with Crippen molar-refractivity contribution in [3.63, 3.8) is 0 Å². The van der Waals surface area contributed by atoms with Crippen LogP contribution in [0, 0.1) is 11.8 Å². The Kier molecular flexibility index (Phi) is 5.40. The highest BCUT2D eigenvalue weighted by atomic mass is 16.5. The van der Waals surface area contributed by atoms with Gasteiger partial charge in [-0.15, -0.1) is 0 Å². The number of nitrogens with one attached hydrogen (secondary N) is 1. The minimum absolute atomic E-state index is 0.0231. The van der Waals surface area contributed by atoms with Gasteiger partial charge in [0.15, 0.2) is 5.84 Å². The number of carbonyl (C=O) groups excluding carboxylic acids is 1. The van der Waals surface area contributed by atoms with E-state index in [9.17, 15) is 4.79 Å². The first kappa shape index (κ1) is 14.8. The molecule has 0 aromatic rings. The summed E-state index contributed by atoms with van der Waals surface area (Å²) in [7, 11) is 0. The zero-order valence-electron chi connectivity index (χ0n) is 11.2. The standard InChI is InChI=1S/C12H23N3O3/c1-4-9-8(5-6-18-9)12(16)14-10(7(2)3)11(13)15-17/h7-10,17H,4-6H2,1-3H3,(H2,13,15)(H,14,16). The van der Waals surface area contributed by atoms with Gasteiger partial charge in [-0.3, -0.25) is 4.79 Å². The second-order valence-corrected chi connectivity index (χ2v) is 4.97. The summed E-state index contributed by atoms with van der Waals surface area (Å²) in [6.45, 7) is 6.43. The average Bonchev–Trinajstić information content (AvgIpc) is 2.82. The lowest BCUT2D eigenvalue weighted by atomic mass is 9.96. The highest BCUT2D eigenvalue weighted by molar-refractivity contribution is 5.91. The van der Waals surface area contributed by atoms with E-state index in [2.05, 4.69) is 10.5 Å². The Balaban J connectivity index is 2.67. The highest BCUT2D eigenvalue weighted by Crippen LogP contribution is 2.23. The van der Waals surface area contributed by atoms with Crippen LogP contribution in [0.5, 0.6) is 0 Å². The first-order chi connectivity index (χ1) is 8.51. The zero-order valence-corrected chi connectivity index (χ0v) is 11.2. The third-order valence-electron chi connectivity index (χ3n) is 3.35. The van der Waals surface area contributed by atoms with Gasteiger partial charge >= 0.3 is 0 Å². The van der Waals surface area contributed by atoms with Gasteiger partial charge in [-0.05, 0) is 18.8 Å². The molecule has 1 aliphatic heterocycles. The maximum absolute atomic E-state index is 12.2. The molecule has 6 heteroatoms. The smallest absolute Gasteiger partial charge is 0.226 e. The lowest BCUT2D eigenvalue weighted by Gasteiger charge is -2.24. The van der Waals surface area contributed by atoms with Crippen molar-refractivity contribution in [2.45, 2.75) is 45.8 Å². The van der Waals surface area contributed by atoms with Gasteiger partial charge in [-0.1, -0.05) is 25.9 Å². The predicted octanol–water partition coefficient (Wildman–Crippen LogP) is 0.689. The summed E-state index contributed by atoms with van der Waals surface area (Å²) in [5.74, 6) is -0.120. The van der Waals surface area contributed by atoms with Gasteiger partial charge in [-0.2, -0.15) is 0 Å². The Morgan fingerprint density at radius 2 is 2.28 bits per heavy atom. The van der Waals surface area contributed by atoms with Crippen LogP contribution in [0.25, 0.3) is 0 Å². The molecule has 6 nitrogen and oxygen atoms in total. The van der Waals surface area contributed by atoms with Crippen LogP contribution in [0.4, 0.5) is 0 Å². The molecule has 3 atom stereocenters. The van der Waals surface area contributed by atoms with E-state index < -0.39 is 6.04 Å². The topological polar surface area (TPSA) is 96.9 Å². The maximum atomic E-state index is 12.2. The molecular weight excluding hydrogens is 234 g/mol.